The second kappa shape index (κ2) is 7.77. The summed E-state index contributed by atoms with van der Waals surface area (Å²) in [4.78, 5) is 12.7. The van der Waals surface area contributed by atoms with Crippen molar-refractivity contribution in [2.24, 2.45) is 0 Å². The van der Waals surface area contributed by atoms with E-state index in [4.69, 9.17) is 16.3 Å². The van der Waals surface area contributed by atoms with E-state index in [0.717, 1.165) is 11.8 Å². The molecule has 0 fully saturated rings. The number of hydrogen-bond donors (Lipinski definition) is 0. The highest BCUT2D eigenvalue weighted by Crippen LogP contribution is 2.36. The zero-order valence-electron chi connectivity index (χ0n) is 15.6. The minimum absolute atomic E-state index is 0.215. The highest BCUT2D eigenvalue weighted by Gasteiger charge is 2.26. The Kier molecular flexibility index (Phi) is 5.58. The van der Waals surface area contributed by atoms with E-state index in [0.29, 0.717) is 34.1 Å². The first-order valence-electron chi connectivity index (χ1n) is 8.51. The van der Waals surface area contributed by atoms with Gasteiger partial charge in [0.05, 0.1) is 12.0 Å². The van der Waals surface area contributed by atoms with Crippen molar-refractivity contribution in [3.8, 4) is 22.4 Å². The van der Waals surface area contributed by atoms with Gasteiger partial charge < -0.3 is 4.74 Å². The standard InChI is InChI=1S/C20H19ClN2O4S/c1-4-23-19(20(24)27-2)17(13-5-9-15(21)10-6-13)18(22-23)14-7-11-16(12-8-14)28(3,25)26/h5-12H,4H2,1-3H3. The van der Waals surface area contributed by atoms with Gasteiger partial charge in [0.15, 0.2) is 15.5 Å². The summed E-state index contributed by atoms with van der Waals surface area (Å²) < 4.78 is 30.0. The summed E-state index contributed by atoms with van der Waals surface area (Å²) in [6, 6.07) is 13.5. The van der Waals surface area contributed by atoms with Crippen LogP contribution in [0.1, 0.15) is 17.4 Å². The van der Waals surface area contributed by atoms with Crippen LogP contribution in [-0.4, -0.2) is 37.5 Å². The highest BCUT2D eigenvalue weighted by molar-refractivity contribution is 7.90. The van der Waals surface area contributed by atoms with Gasteiger partial charge in [0.25, 0.3) is 0 Å². The van der Waals surface area contributed by atoms with Crippen LogP contribution in [0.5, 0.6) is 0 Å². The number of sulfone groups is 1. The molecule has 0 aliphatic rings. The number of nitrogens with zero attached hydrogens (tertiary/aromatic N) is 2. The third-order valence-corrected chi connectivity index (χ3v) is 5.70. The molecule has 3 rings (SSSR count). The minimum Gasteiger partial charge on any atom is -0.464 e. The van der Waals surface area contributed by atoms with E-state index in [-0.39, 0.29) is 4.90 Å². The number of carbonyl (C=O) groups is 1. The Morgan fingerprint density at radius 2 is 1.64 bits per heavy atom. The summed E-state index contributed by atoms with van der Waals surface area (Å²) in [5, 5.41) is 5.17. The molecule has 6 nitrogen and oxygen atoms in total. The SMILES string of the molecule is CCn1nc(-c2ccc(S(C)(=O)=O)cc2)c(-c2ccc(Cl)cc2)c1C(=O)OC. The maximum absolute atomic E-state index is 12.5. The van der Waals surface area contributed by atoms with Crippen LogP contribution >= 0.6 is 11.6 Å². The Morgan fingerprint density at radius 3 is 2.14 bits per heavy atom. The highest BCUT2D eigenvalue weighted by atomic mass is 35.5. The quantitative estimate of drug-likeness (QED) is 0.583. The molecule has 0 aliphatic carbocycles. The lowest BCUT2D eigenvalue weighted by atomic mass is 9.99. The van der Waals surface area contributed by atoms with Gasteiger partial charge in [-0.2, -0.15) is 5.10 Å². The average molecular weight is 419 g/mol. The largest absolute Gasteiger partial charge is 0.464 e. The molecule has 3 aromatic rings. The van der Waals surface area contributed by atoms with Gasteiger partial charge >= 0.3 is 5.97 Å². The zero-order valence-corrected chi connectivity index (χ0v) is 17.2. The molecule has 0 saturated heterocycles. The van der Waals surface area contributed by atoms with Crippen LogP contribution in [0.3, 0.4) is 0 Å². The third-order valence-electron chi connectivity index (χ3n) is 4.32. The molecule has 2 aromatic carbocycles. The second-order valence-corrected chi connectivity index (χ2v) is 8.64. The minimum atomic E-state index is -3.31. The van der Waals surface area contributed by atoms with Gasteiger partial charge in [-0.15, -0.1) is 0 Å². The maximum atomic E-state index is 12.5. The Labute approximate surface area is 168 Å². The van der Waals surface area contributed by atoms with Crippen molar-refractivity contribution in [2.45, 2.75) is 18.4 Å². The van der Waals surface area contributed by atoms with Crippen LogP contribution in [0.25, 0.3) is 22.4 Å². The number of carbonyl (C=O) groups excluding carboxylic acids is 1. The van der Waals surface area contributed by atoms with Gasteiger partial charge in [0.2, 0.25) is 0 Å². The summed E-state index contributed by atoms with van der Waals surface area (Å²) in [6.45, 7) is 2.34. The number of benzene rings is 2. The third kappa shape index (κ3) is 3.81. The predicted molar refractivity (Wildman–Crippen MR) is 108 cm³/mol. The molecule has 0 atom stereocenters. The summed E-state index contributed by atoms with van der Waals surface area (Å²) in [6.07, 6.45) is 1.16. The number of aryl methyl sites for hydroxylation is 1. The van der Waals surface area contributed by atoms with Gasteiger partial charge in [0, 0.05) is 29.0 Å². The van der Waals surface area contributed by atoms with E-state index in [1.165, 1.54) is 19.2 Å². The molecule has 1 aromatic heterocycles. The van der Waals surface area contributed by atoms with E-state index in [9.17, 15) is 13.2 Å². The summed E-state index contributed by atoms with van der Waals surface area (Å²) >= 11 is 6.01. The first kappa shape index (κ1) is 20.1. The van der Waals surface area contributed by atoms with Gasteiger partial charge in [-0.05, 0) is 36.8 Å². The molecule has 28 heavy (non-hydrogen) atoms. The number of ether oxygens (including phenoxy) is 1. The molecule has 0 unspecified atom stereocenters. The molecule has 146 valence electrons. The van der Waals surface area contributed by atoms with Crippen molar-refractivity contribution < 1.29 is 17.9 Å². The predicted octanol–water partition coefficient (Wildman–Crippen LogP) is 4.08. The molecule has 0 bridgehead atoms. The number of hydrogen-bond acceptors (Lipinski definition) is 5. The van der Waals surface area contributed by atoms with Crippen molar-refractivity contribution in [1.29, 1.82) is 0 Å². The van der Waals surface area contributed by atoms with Crippen molar-refractivity contribution >= 4 is 27.4 Å². The molecular formula is C20H19ClN2O4S. The molecular weight excluding hydrogens is 400 g/mol. The number of aromatic nitrogens is 2. The Bertz CT molecular complexity index is 1120. The van der Waals surface area contributed by atoms with Crippen molar-refractivity contribution in [2.75, 3.05) is 13.4 Å². The fourth-order valence-electron chi connectivity index (χ4n) is 2.95. The summed E-state index contributed by atoms with van der Waals surface area (Å²) in [7, 11) is -1.99. The van der Waals surface area contributed by atoms with E-state index in [1.54, 1.807) is 41.1 Å². The molecule has 0 N–H and O–H groups in total. The topological polar surface area (TPSA) is 78.3 Å². The van der Waals surface area contributed by atoms with Crippen LogP contribution in [0, 0.1) is 0 Å². The lowest BCUT2D eigenvalue weighted by Gasteiger charge is -2.08. The van der Waals surface area contributed by atoms with Crippen molar-refractivity contribution in [3.63, 3.8) is 0 Å². The first-order chi connectivity index (χ1) is 13.3. The zero-order chi connectivity index (χ0) is 20.5. The second-order valence-electron chi connectivity index (χ2n) is 6.18. The molecule has 1 heterocycles. The van der Waals surface area contributed by atoms with Crippen LogP contribution in [0.15, 0.2) is 53.4 Å². The monoisotopic (exact) mass is 418 g/mol. The number of esters is 1. The summed E-state index contributed by atoms with van der Waals surface area (Å²) in [5.74, 6) is -0.502. The summed E-state index contributed by atoms with van der Waals surface area (Å²) in [5.41, 5.74) is 2.94. The van der Waals surface area contributed by atoms with Gasteiger partial charge in [-0.3, -0.25) is 4.68 Å². The molecule has 0 amide bonds. The van der Waals surface area contributed by atoms with E-state index in [1.807, 2.05) is 6.92 Å². The van der Waals surface area contributed by atoms with Crippen molar-refractivity contribution in [3.05, 3.63) is 59.2 Å². The van der Waals surface area contributed by atoms with Gasteiger partial charge in [-0.1, -0.05) is 35.9 Å². The Balaban J connectivity index is 2.27. The number of halogens is 1. The first-order valence-corrected chi connectivity index (χ1v) is 10.8. The normalized spacial score (nSPS) is 11.4. The molecule has 8 heteroatoms. The van der Waals surface area contributed by atoms with E-state index < -0.39 is 15.8 Å². The smallest absolute Gasteiger partial charge is 0.356 e. The van der Waals surface area contributed by atoms with Crippen LogP contribution in [0.4, 0.5) is 0 Å². The Hall–Kier alpha value is -2.64. The van der Waals surface area contributed by atoms with Crippen LogP contribution in [-0.2, 0) is 21.1 Å². The lowest BCUT2D eigenvalue weighted by Crippen LogP contribution is -2.11. The van der Waals surface area contributed by atoms with E-state index >= 15 is 0 Å². The van der Waals surface area contributed by atoms with E-state index in [2.05, 4.69) is 5.10 Å². The molecule has 0 spiro atoms. The van der Waals surface area contributed by atoms with Gasteiger partial charge in [-0.25, -0.2) is 13.2 Å². The van der Waals surface area contributed by atoms with Crippen molar-refractivity contribution in [1.82, 2.24) is 9.78 Å². The molecule has 0 saturated carbocycles. The number of rotatable bonds is 5. The number of methoxy groups -OCH3 is 1. The van der Waals surface area contributed by atoms with Gasteiger partial charge in [0.1, 0.15) is 5.69 Å². The molecule has 0 aliphatic heterocycles. The fraction of sp³-hybridized carbons (Fsp3) is 0.200. The maximum Gasteiger partial charge on any atom is 0.356 e. The van der Waals surface area contributed by atoms with Crippen LogP contribution in [0.2, 0.25) is 5.02 Å². The fourth-order valence-corrected chi connectivity index (χ4v) is 3.70. The van der Waals surface area contributed by atoms with Crippen LogP contribution < -0.4 is 0 Å². The Morgan fingerprint density at radius 1 is 1.07 bits per heavy atom. The lowest BCUT2D eigenvalue weighted by molar-refractivity contribution is 0.0587. The molecule has 0 radical (unpaired) electrons. The average Bonchev–Trinajstić information content (AvgIpc) is 3.07.